The lowest BCUT2D eigenvalue weighted by Gasteiger charge is -2.34. The van der Waals surface area contributed by atoms with Crippen molar-refractivity contribution in [2.24, 2.45) is 0 Å². The molecule has 1 aromatic rings. The maximum absolute atomic E-state index is 12.0. The molecule has 1 aliphatic rings. The Bertz CT molecular complexity index is 431. The third-order valence-corrected chi connectivity index (χ3v) is 4.09. The Morgan fingerprint density at radius 2 is 2.12 bits per heavy atom. The van der Waals surface area contributed by atoms with Crippen LogP contribution in [0.15, 0.2) is 27.1 Å². The quantitative estimate of drug-likeness (QED) is 0.897. The highest BCUT2D eigenvalue weighted by Gasteiger charge is 2.30. The van der Waals surface area contributed by atoms with Crippen LogP contribution in [0.1, 0.15) is 23.2 Å². The number of carbonyl (C=O) groups excluding carboxylic acids is 1. The molecule has 0 saturated heterocycles. The third kappa shape index (κ3) is 3.09. The molecule has 1 N–H and O–H groups in total. The zero-order valence-electron chi connectivity index (χ0n) is 9.37. The highest BCUT2D eigenvalue weighted by Crippen LogP contribution is 2.25. The van der Waals surface area contributed by atoms with E-state index in [4.69, 9.17) is 4.74 Å². The zero-order chi connectivity index (χ0) is 12.4. The predicted octanol–water partition coefficient (Wildman–Crippen LogP) is 3.12. The molecule has 0 atom stereocenters. The first-order valence-corrected chi connectivity index (χ1v) is 6.97. The Morgan fingerprint density at radius 3 is 2.71 bits per heavy atom. The van der Waals surface area contributed by atoms with Gasteiger partial charge in [0.05, 0.1) is 11.7 Å². The van der Waals surface area contributed by atoms with Gasteiger partial charge in [0, 0.05) is 22.1 Å². The minimum absolute atomic E-state index is 0.0380. The van der Waals surface area contributed by atoms with E-state index in [0.29, 0.717) is 11.7 Å². The number of halogens is 2. The fourth-order valence-corrected chi connectivity index (χ4v) is 3.04. The standard InChI is InChI=1S/C12H13Br2NO2/c1-17-9-5-8(6-9)15-12(16)10-3-2-7(13)4-11(10)14/h2-4,8-9H,5-6H2,1H3,(H,15,16). The van der Waals surface area contributed by atoms with Crippen LogP contribution in [0.4, 0.5) is 0 Å². The fraction of sp³-hybridized carbons (Fsp3) is 0.417. The van der Waals surface area contributed by atoms with Crippen molar-refractivity contribution < 1.29 is 9.53 Å². The second kappa shape index (κ2) is 5.50. The second-order valence-corrected chi connectivity index (χ2v) is 5.89. The summed E-state index contributed by atoms with van der Waals surface area (Å²) in [5.74, 6) is -0.0380. The smallest absolute Gasteiger partial charge is 0.252 e. The van der Waals surface area contributed by atoms with E-state index in [2.05, 4.69) is 37.2 Å². The van der Waals surface area contributed by atoms with E-state index in [1.165, 1.54) is 0 Å². The monoisotopic (exact) mass is 361 g/mol. The van der Waals surface area contributed by atoms with Crippen molar-refractivity contribution >= 4 is 37.8 Å². The summed E-state index contributed by atoms with van der Waals surface area (Å²) in [4.78, 5) is 12.0. The second-order valence-electron chi connectivity index (χ2n) is 4.12. The number of amides is 1. The molecule has 1 amide bonds. The van der Waals surface area contributed by atoms with Gasteiger partial charge in [-0.3, -0.25) is 4.79 Å². The molecule has 1 aliphatic carbocycles. The van der Waals surface area contributed by atoms with E-state index in [-0.39, 0.29) is 11.9 Å². The maximum Gasteiger partial charge on any atom is 0.252 e. The normalized spacial score (nSPS) is 23.0. The summed E-state index contributed by atoms with van der Waals surface area (Å²) in [5, 5.41) is 2.99. The Labute approximate surface area is 117 Å². The molecular weight excluding hydrogens is 350 g/mol. The number of ether oxygens (including phenoxy) is 1. The lowest BCUT2D eigenvalue weighted by Crippen LogP contribution is -2.47. The van der Waals surface area contributed by atoms with Crippen LogP contribution in [0.2, 0.25) is 0 Å². The molecule has 2 rings (SSSR count). The molecule has 1 saturated carbocycles. The van der Waals surface area contributed by atoms with Crippen LogP contribution >= 0.6 is 31.9 Å². The number of methoxy groups -OCH3 is 1. The first-order chi connectivity index (χ1) is 8.10. The third-order valence-electron chi connectivity index (χ3n) is 2.94. The molecule has 3 nitrogen and oxygen atoms in total. The van der Waals surface area contributed by atoms with Crippen LogP contribution in [0.3, 0.4) is 0 Å². The maximum atomic E-state index is 12.0. The van der Waals surface area contributed by atoms with Crippen molar-refractivity contribution in [3.05, 3.63) is 32.7 Å². The lowest BCUT2D eigenvalue weighted by molar-refractivity contribution is 0.0176. The Kier molecular flexibility index (Phi) is 4.22. The predicted molar refractivity (Wildman–Crippen MR) is 73.1 cm³/mol. The Balaban J connectivity index is 1.96. The highest BCUT2D eigenvalue weighted by atomic mass is 79.9. The van der Waals surface area contributed by atoms with Crippen molar-refractivity contribution in [1.82, 2.24) is 5.32 Å². The summed E-state index contributed by atoms with van der Waals surface area (Å²) in [5.41, 5.74) is 0.661. The van der Waals surface area contributed by atoms with E-state index in [1.54, 1.807) is 13.2 Å². The van der Waals surface area contributed by atoms with E-state index in [9.17, 15) is 4.79 Å². The fourth-order valence-electron chi connectivity index (χ4n) is 1.81. The van der Waals surface area contributed by atoms with Crippen LogP contribution in [-0.4, -0.2) is 25.2 Å². The van der Waals surface area contributed by atoms with Crippen molar-refractivity contribution in [2.75, 3.05) is 7.11 Å². The molecule has 92 valence electrons. The summed E-state index contributed by atoms with van der Waals surface area (Å²) in [6.45, 7) is 0. The van der Waals surface area contributed by atoms with Crippen molar-refractivity contribution in [1.29, 1.82) is 0 Å². The van der Waals surface area contributed by atoms with E-state index < -0.39 is 0 Å². The van der Waals surface area contributed by atoms with Crippen LogP contribution in [0, 0.1) is 0 Å². The van der Waals surface area contributed by atoms with Crippen LogP contribution in [-0.2, 0) is 4.74 Å². The van der Waals surface area contributed by atoms with Gasteiger partial charge in [-0.2, -0.15) is 0 Å². The number of rotatable bonds is 3. The number of nitrogens with one attached hydrogen (secondary N) is 1. The van der Waals surface area contributed by atoms with Gasteiger partial charge < -0.3 is 10.1 Å². The molecule has 0 aliphatic heterocycles. The number of hydrogen-bond donors (Lipinski definition) is 1. The van der Waals surface area contributed by atoms with Crippen molar-refractivity contribution in [3.8, 4) is 0 Å². The molecule has 17 heavy (non-hydrogen) atoms. The summed E-state index contributed by atoms with van der Waals surface area (Å²) < 4.78 is 6.92. The van der Waals surface area contributed by atoms with Gasteiger partial charge in [-0.1, -0.05) is 15.9 Å². The van der Waals surface area contributed by atoms with E-state index >= 15 is 0 Å². The average Bonchev–Trinajstić information content (AvgIpc) is 2.22. The number of benzene rings is 1. The summed E-state index contributed by atoms with van der Waals surface area (Å²) >= 11 is 6.75. The van der Waals surface area contributed by atoms with Crippen molar-refractivity contribution in [2.45, 2.75) is 25.0 Å². The minimum atomic E-state index is -0.0380. The van der Waals surface area contributed by atoms with Gasteiger partial charge in [-0.05, 0) is 47.0 Å². The van der Waals surface area contributed by atoms with Gasteiger partial charge in [0.2, 0.25) is 0 Å². The first-order valence-electron chi connectivity index (χ1n) is 5.39. The van der Waals surface area contributed by atoms with E-state index in [1.807, 2.05) is 12.1 Å². The molecule has 0 unspecified atom stereocenters. The lowest BCUT2D eigenvalue weighted by atomic mass is 9.89. The van der Waals surface area contributed by atoms with Gasteiger partial charge in [0.15, 0.2) is 0 Å². The van der Waals surface area contributed by atoms with Gasteiger partial charge in [-0.25, -0.2) is 0 Å². The van der Waals surface area contributed by atoms with Crippen LogP contribution in [0.5, 0.6) is 0 Å². The highest BCUT2D eigenvalue weighted by molar-refractivity contribution is 9.11. The number of carbonyl (C=O) groups is 1. The first kappa shape index (κ1) is 13.1. The minimum Gasteiger partial charge on any atom is -0.381 e. The summed E-state index contributed by atoms with van der Waals surface area (Å²) in [6.07, 6.45) is 2.10. The summed E-state index contributed by atoms with van der Waals surface area (Å²) in [6, 6.07) is 5.77. The van der Waals surface area contributed by atoms with Gasteiger partial charge in [0.25, 0.3) is 5.91 Å². The topological polar surface area (TPSA) is 38.3 Å². The van der Waals surface area contributed by atoms with Crippen molar-refractivity contribution in [3.63, 3.8) is 0 Å². The molecule has 0 heterocycles. The van der Waals surface area contributed by atoms with Gasteiger partial charge in [0.1, 0.15) is 0 Å². The van der Waals surface area contributed by atoms with Crippen LogP contribution in [0.25, 0.3) is 0 Å². The van der Waals surface area contributed by atoms with E-state index in [0.717, 1.165) is 21.8 Å². The average molecular weight is 363 g/mol. The molecule has 0 aromatic heterocycles. The van der Waals surface area contributed by atoms with Crippen LogP contribution < -0.4 is 5.32 Å². The SMILES string of the molecule is COC1CC(NC(=O)c2ccc(Br)cc2Br)C1. The summed E-state index contributed by atoms with van der Waals surface area (Å²) in [7, 11) is 1.70. The van der Waals surface area contributed by atoms with Gasteiger partial charge in [-0.15, -0.1) is 0 Å². The molecule has 1 fully saturated rings. The molecule has 1 aromatic carbocycles. The van der Waals surface area contributed by atoms with Gasteiger partial charge >= 0.3 is 0 Å². The molecule has 0 spiro atoms. The molecule has 0 radical (unpaired) electrons. The molecule has 5 heteroatoms. The number of hydrogen-bond acceptors (Lipinski definition) is 2. The largest absolute Gasteiger partial charge is 0.381 e. The Hall–Kier alpha value is -0.390. The molecular formula is C12H13Br2NO2. The zero-order valence-corrected chi connectivity index (χ0v) is 12.5. The Morgan fingerprint density at radius 1 is 1.41 bits per heavy atom. The molecule has 0 bridgehead atoms.